The zero-order valence-corrected chi connectivity index (χ0v) is 22.2. The molecule has 1 aliphatic rings. The number of rotatable bonds is 12. The number of carbonyl (C=O) groups excluding carboxylic acids is 2. The second kappa shape index (κ2) is 14.5. The third-order valence-electron chi connectivity index (χ3n) is 6.66. The summed E-state index contributed by atoms with van der Waals surface area (Å²) in [5, 5.41) is 8.60. The van der Waals surface area contributed by atoms with Crippen LogP contribution in [0.25, 0.3) is 0 Å². The Morgan fingerprint density at radius 3 is 2.39 bits per heavy atom. The number of amides is 2. The van der Waals surface area contributed by atoms with E-state index in [0.717, 1.165) is 6.42 Å². The molecule has 3 N–H and O–H groups in total. The summed E-state index contributed by atoms with van der Waals surface area (Å²) >= 11 is 6.17. The van der Waals surface area contributed by atoms with Crippen molar-refractivity contribution in [2.75, 3.05) is 26.7 Å². The minimum Gasteiger partial charge on any atom is -0.367 e. The molecule has 0 heterocycles. The van der Waals surface area contributed by atoms with Crippen LogP contribution in [0.3, 0.4) is 0 Å². The molecule has 0 spiro atoms. The van der Waals surface area contributed by atoms with E-state index < -0.39 is 18.2 Å². The maximum atomic E-state index is 13.2. The number of hydrogen-bond donors (Lipinski definition) is 3. The minimum absolute atomic E-state index is 0.00326. The Balaban J connectivity index is 1.73. The quantitative estimate of drug-likeness (QED) is 0.307. The molecule has 1 saturated carbocycles. The Kier molecular flexibility index (Phi) is 11.4. The normalized spacial score (nSPS) is 16.0. The lowest BCUT2D eigenvalue weighted by Gasteiger charge is -2.27. The summed E-state index contributed by atoms with van der Waals surface area (Å²) in [5.74, 6) is -1.62. The van der Waals surface area contributed by atoms with Crippen molar-refractivity contribution >= 4 is 23.4 Å². The molecule has 1 fully saturated rings. The molecule has 2 amide bonds. The van der Waals surface area contributed by atoms with E-state index in [0.29, 0.717) is 34.2 Å². The van der Waals surface area contributed by atoms with E-state index in [4.69, 9.17) is 16.3 Å². The molecule has 208 valence electrons. The van der Waals surface area contributed by atoms with Crippen LogP contribution in [0.1, 0.15) is 66.1 Å². The van der Waals surface area contributed by atoms with Gasteiger partial charge in [-0.05, 0) is 54.8 Å². The highest BCUT2D eigenvalue weighted by Crippen LogP contribution is 2.29. The van der Waals surface area contributed by atoms with Crippen LogP contribution in [0.15, 0.2) is 48.5 Å². The van der Waals surface area contributed by atoms with E-state index in [1.165, 1.54) is 32.1 Å². The summed E-state index contributed by atoms with van der Waals surface area (Å²) < 4.78 is 43.4. The summed E-state index contributed by atoms with van der Waals surface area (Å²) in [5.41, 5.74) is 1.76. The van der Waals surface area contributed by atoms with Crippen molar-refractivity contribution in [3.63, 3.8) is 0 Å². The van der Waals surface area contributed by atoms with Crippen molar-refractivity contribution in [1.82, 2.24) is 16.0 Å². The molecule has 0 aliphatic heterocycles. The number of alkyl halides is 3. The van der Waals surface area contributed by atoms with Gasteiger partial charge in [0, 0.05) is 29.7 Å². The van der Waals surface area contributed by atoms with Gasteiger partial charge >= 0.3 is 12.1 Å². The van der Waals surface area contributed by atoms with Gasteiger partial charge in [-0.3, -0.25) is 9.59 Å². The summed E-state index contributed by atoms with van der Waals surface area (Å²) in [7, 11) is 1.87. The van der Waals surface area contributed by atoms with Gasteiger partial charge in [0.25, 0.3) is 5.91 Å². The molecule has 38 heavy (non-hydrogen) atoms. The fraction of sp³-hybridized carbons (Fsp3) is 0.500. The lowest BCUT2D eigenvalue weighted by Crippen LogP contribution is -2.42. The van der Waals surface area contributed by atoms with Crippen molar-refractivity contribution in [2.24, 2.45) is 5.92 Å². The standard InChI is InChI=1S/C28H35ClF3N3O3/c1-33-18-24(15-19-7-3-2-4-8-19)35-26(36)22-11-5-9-20(16-22)25(21-10-6-12-23(29)17-21)38-14-13-34-27(37)28(30,31)32/h5-6,9-12,16-17,19,24-25,33H,2-4,7-8,13-15,18H2,1H3,(H,34,37)(H,35,36). The van der Waals surface area contributed by atoms with Gasteiger partial charge in [-0.25, -0.2) is 0 Å². The Morgan fingerprint density at radius 2 is 1.74 bits per heavy atom. The minimum atomic E-state index is -4.96. The SMILES string of the molecule is CNCC(CC1CCCCC1)NC(=O)c1cccc(C(OCCNC(=O)C(F)(F)F)c2cccc(Cl)c2)c1. The predicted molar refractivity (Wildman–Crippen MR) is 141 cm³/mol. The van der Waals surface area contributed by atoms with Gasteiger partial charge in [-0.2, -0.15) is 13.2 Å². The number of likely N-dealkylation sites (N-methyl/N-ethyl adjacent to an activating group) is 1. The first-order chi connectivity index (χ1) is 18.2. The van der Waals surface area contributed by atoms with Crippen LogP contribution >= 0.6 is 11.6 Å². The van der Waals surface area contributed by atoms with E-state index in [2.05, 4.69) is 10.6 Å². The third-order valence-corrected chi connectivity index (χ3v) is 6.90. The smallest absolute Gasteiger partial charge is 0.367 e. The first-order valence-electron chi connectivity index (χ1n) is 12.9. The van der Waals surface area contributed by atoms with Crippen molar-refractivity contribution in [2.45, 2.75) is 56.8 Å². The van der Waals surface area contributed by atoms with Gasteiger partial charge in [0.05, 0.1) is 6.61 Å². The van der Waals surface area contributed by atoms with Gasteiger partial charge in [0.15, 0.2) is 0 Å². The fourth-order valence-corrected chi connectivity index (χ4v) is 5.07. The fourth-order valence-electron chi connectivity index (χ4n) is 4.87. The highest BCUT2D eigenvalue weighted by molar-refractivity contribution is 6.30. The summed E-state index contributed by atoms with van der Waals surface area (Å²) in [6.07, 6.45) is 1.37. The van der Waals surface area contributed by atoms with Crippen molar-refractivity contribution in [3.8, 4) is 0 Å². The molecule has 6 nitrogen and oxygen atoms in total. The average Bonchev–Trinajstić information content (AvgIpc) is 2.88. The first-order valence-corrected chi connectivity index (χ1v) is 13.3. The van der Waals surface area contributed by atoms with Crippen LogP contribution in [0.5, 0.6) is 0 Å². The van der Waals surface area contributed by atoms with Crippen LogP contribution in [-0.4, -0.2) is 50.8 Å². The second-order valence-corrected chi connectivity index (χ2v) is 10.1. The molecule has 10 heteroatoms. The number of hydrogen-bond acceptors (Lipinski definition) is 4. The van der Waals surface area contributed by atoms with E-state index in [1.807, 2.05) is 7.05 Å². The molecule has 0 aromatic heterocycles. The third kappa shape index (κ3) is 9.29. The molecule has 2 aromatic rings. The van der Waals surface area contributed by atoms with Crippen molar-refractivity contribution < 1.29 is 27.5 Å². The Hall–Kier alpha value is -2.62. The molecular weight excluding hydrogens is 519 g/mol. The van der Waals surface area contributed by atoms with Gasteiger partial charge in [0.2, 0.25) is 0 Å². The molecule has 0 saturated heterocycles. The van der Waals surface area contributed by atoms with Crippen LogP contribution in [0, 0.1) is 5.92 Å². The second-order valence-electron chi connectivity index (χ2n) is 9.65. The van der Waals surface area contributed by atoms with Gasteiger partial charge < -0.3 is 20.7 Å². The summed E-state index contributed by atoms with van der Waals surface area (Å²) in [4.78, 5) is 24.3. The lowest BCUT2D eigenvalue weighted by molar-refractivity contribution is -0.173. The summed E-state index contributed by atoms with van der Waals surface area (Å²) in [6, 6.07) is 13.9. The Morgan fingerprint density at radius 1 is 1.05 bits per heavy atom. The number of ether oxygens (including phenoxy) is 1. The first kappa shape index (κ1) is 29.9. The molecule has 0 bridgehead atoms. The van der Waals surface area contributed by atoms with E-state index >= 15 is 0 Å². The number of benzene rings is 2. The van der Waals surface area contributed by atoms with Crippen molar-refractivity contribution in [1.29, 1.82) is 0 Å². The van der Waals surface area contributed by atoms with Crippen LogP contribution < -0.4 is 16.0 Å². The maximum Gasteiger partial charge on any atom is 0.471 e. The summed E-state index contributed by atoms with van der Waals surface area (Å²) in [6.45, 7) is 0.156. The molecule has 2 atom stereocenters. The number of nitrogens with one attached hydrogen (secondary N) is 3. The highest BCUT2D eigenvalue weighted by Gasteiger charge is 2.38. The van der Waals surface area contributed by atoms with Gasteiger partial charge in [-0.15, -0.1) is 0 Å². The van der Waals surface area contributed by atoms with Gasteiger partial charge in [0.1, 0.15) is 6.10 Å². The van der Waals surface area contributed by atoms with Gasteiger partial charge in [-0.1, -0.05) is 68.0 Å². The highest BCUT2D eigenvalue weighted by atomic mass is 35.5. The number of halogens is 4. The molecule has 0 radical (unpaired) electrons. The molecule has 1 aliphatic carbocycles. The van der Waals surface area contributed by atoms with Crippen molar-refractivity contribution in [3.05, 3.63) is 70.2 Å². The molecule has 3 rings (SSSR count). The van der Waals surface area contributed by atoms with E-state index in [9.17, 15) is 22.8 Å². The van der Waals surface area contributed by atoms with Crippen LogP contribution in [0.2, 0.25) is 5.02 Å². The van der Waals surface area contributed by atoms with E-state index in [1.54, 1.807) is 53.8 Å². The molecule has 2 unspecified atom stereocenters. The molecular formula is C28H35ClF3N3O3. The Bertz CT molecular complexity index is 1060. The maximum absolute atomic E-state index is 13.2. The topological polar surface area (TPSA) is 79.5 Å². The zero-order chi connectivity index (χ0) is 27.5. The largest absolute Gasteiger partial charge is 0.471 e. The predicted octanol–water partition coefficient (Wildman–Crippen LogP) is 5.41. The zero-order valence-electron chi connectivity index (χ0n) is 21.5. The number of carbonyl (C=O) groups is 2. The Labute approximate surface area is 226 Å². The average molecular weight is 554 g/mol. The van der Waals surface area contributed by atoms with Crippen LogP contribution in [0.4, 0.5) is 13.2 Å². The molecule has 2 aromatic carbocycles. The monoisotopic (exact) mass is 553 g/mol. The van der Waals surface area contributed by atoms with E-state index in [-0.39, 0.29) is 25.1 Å². The van der Waals surface area contributed by atoms with Crippen LogP contribution in [-0.2, 0) is 9.53 Å². The lowest BCUT2D eigenvalue weighted by atomic mass is 9.84.